The topological polar surface area (TPSA) is 80.0 Å². The van der Waals surface area contributed by atoms with E-state index in [9.17, 15) is 14.3 Å². The van der Waals surface area contributed by atoms with Crippen LogP contribution in [0.4, 0.5) is 4.39 Å². The Kier molecular flexibility index (Phi) is 7.19. The third kappa shape index (κ3) is 5.53. The third-order valence-corrected chi connectivity index (χ3v) is 4.78. The molecule has 0 aliphatic rings. The van der Waals surface area contributed by atoms with E-state index in [1.807, 2.05) is 22.9 Å². The Balaban J connectivity index is 1.68. The summed E-state index contributed by atoms with van der Waals surface area (Å²) in [6.45, 7) is -0.329. The zero-order valence-electron chi connectivity index (χ0n) is 15.3. The second kappa shape index (κ2) is 9.82. The lowest BCUT2D eigenvalue weighted by Gasteiger charge is -2.22. The largest absolute Gasteiger partial charge is 0.386 e. The van der Waals surface area contributed by atoms with E-state index in [0.717, 1.165) is 16.8 Å². The molecule has 1 aromatic carbocycles. The Labute approximate surface area is 177 Å². The summed E-state index contributed by atoms with van der Waals surface area (Å²) in [4.78, 5) is 18.7. The monoisotopic (exact) mass is 436 g/mol. The highest BCUT2D eigenvalue weighted by Crippen LogP contribution is 2.24. The van der Waals surface area contributed by atoms with Crippen molar-refractivity contribution < 1.29 is 14.3 Å². The molecule has 0 saturated carbocycles. The van der Waals surface area contributed by atoms with Gasteiger partial charge in [0.2, 0.25) is 0 Å². The van der Waals surface area contributed by atoms with Gasteiger partial charge in [-0.15, -0.1) is 0 Å². The molecule has 3 rings (SSSR count). The SMILES string of the molecule is O=C(N[C@H](CF)[C@H](O)c1ccc(-c2ccc(Cn3ccnc3)nc2)cc1)C(Cl)Cl. The molecule has 29 heavy (non-hydrogen) atoms. The van der Waals surface area contributed by atoms with Crippen LogP contribution >= 0.6 is 23.2 Å². The first-order valence-corrected chi connectivity index (χ1v) is 9.68. The summed E-state index contributed by atoms with van der Waals surface area (Å²) in [6, 6.07) is 9.69. The van der Waals surface area contributed by atoms with Gasteiger partial charge in [0.1, 0.15) is 12.8 Å². The number of rotatable bonds is 8. The highest BCUT2D eigenvalue weighted by Gasteiger charge is 2.25. The molecule has 0 spiro atoms. The van der Waals surface area contributed by atoms with Crippen LogP contribution in [0.5, 0.6) is 0 Å². The van der Waals surface area contributed by atoms with Crippen LogP contribution in [0.1, 0.15) is 17.4 Å². The van der Waals surface area contributed by atoms with Gasteiger partial charge in [0.25, 0.3) is 5.91 Å². The predicted octanol–water partition coefficient (Wildman–Crippen LogP) is 3.28. The van der Waals surface area contributed by atoms with Crippen molar-refractivity contribution in [1.29, 1.82) is 0 Å². The molecule has 0 saturated heterocycles. The number of amides is 1. The van der Waals surface area contributed by atoms with Crippen molar-refractivity contribution in [2.24, 2.45) is 0 Å². The number of pyridine rings is 1. The normalized spacial score (nSPS) is 13.3. The molecule has 0 unspecified atom stereocenters. The van der Waals surface area contributed by atoms with Gasteiger partial charge in [-0.1, -0.05) is 53.5 Å². The number of aromatic nitrogens is 3. The molecule has 6 nitrogen and oxygen atoms in total. The molecule has 0 aliphatic carbocycles. The standard InChI is InChI=1S/C20H19Cl2FN4O2/c21-19(22)20(29)26-17(9-23)18(28)14-3-1-13(2-4-14)15-5-6-16(25-10-15)11-27-8-7-24-12-27/h1-8,10,12,17-19,28H,9,11H2,(H,26,29)/t17-,18-/m1/s1. The minimum absolute atomic E-state index is 0.460. The number of halogens is 3. The van der Waals surface area contributed by atoms with Gasteiger partial charge < -0.3 is 15.0 Å². The van der Waals surface area contributed by atoms with E-state index in [4.69, 9.17) is 23.2 Å². The van der Waals surface area contributed by atoms with Gasteiger partial charge in [-0.25, -0.2) is 9.37 Å². The Hall–Kier alpha value is -2.48. The second-order valence-electron chi connectivity index (χ2n) is 6.41. The number of benzene rings is 1. The molecule has 0 aliphatic heterocycles. The summed E-state index contributed by atoms with van der Waals surface area (Å²) in [5.74, 6) is -0.756. The lowest BCUT2D eigenvalue weighted by molar-refractivity contribution is -0.121. The Morgan fingerprint density at radius 3 is 2.45 bits per heavy atom. The number of carbonyl (C=O) groups is 1. The van der Waals surface area contributed by atoms with Crippen LogP contribution in [0.3, 0.4) is 0 Å². The average Bonchev–Trinajstić information content (AvgIpc) is 3.25. The van der Waals surface area contributed by atoms with Crippen molar-refractivity contribution in [2.45, 2.75) is 23.5 Å². The molecule has 2 aromatic heterocycles. The number of hydrogen-bond acceptors (Lipinski definition) is 4. The van der Waals surface area contributed by atoms with E-state index in [1.54, 1.807) is 43.0 Å². The molecule has 0 bridgehead atoms. The molecule has 0 radical (unpaired) electrons. The van der Waals surface area contributed by atoms with Crippen LogP contribution in [0.15, 0.2) is 61.3 Å². The minimum atomic E-state index is -1.33. The summed E-state index contributed by atoms with van der Waals surface area (Å²) < 4.78 is 15.2. The molecular weight excluding hydrogens is 418 g/mol. The number of nitrogens with one attached hydrogen (secondary N) is 1. The lowest BCUT2D eigenvalue weighted by atomic mass is 9.99. The molecule has 0 fully saturated rings. The van der Waals surface area contributed by atoms with E-state index in [2.05, 4.69) is 15.3 Å². The van der Waals surface area contributed by atoms with Crippen molar-refractivity contribution in [2.75, 3.05) is 6.67 Å². The Bertz CT molecular complexity index is 919. The first-order chi connectivity index (χ1) is 14.0. The van der Waals surface area contributed by atoms with Gasteiger partial charge in [-0.05, 0) is 17.2 Å². The van der Waals surface area contributed by atoms with Gasteiger partial charge in [0.05, 0.1) is 24.6 Å². The van der Waals surface area contributed by atoms with E-state index < -0.39 is 29.6 Å². The summed E-state index contributed by atoms with van der Waals surface area (Å²) in [7, 11) is 0. The van der Waals surface area contributed by atoms with Crippen LogP contribution in [0.2, 0.25) is 0 Å². The Morgan fingerprint density at radius 2 is 1.90 bits per heavy atom. The molecule has 2 atom stereocenters. The van der Waals surface area contributed by atoms with Gasteiger partial charge in [0, 0.05) is 24.2 Å². The van der Waals surface area contributed by atoms with Crippen LogP contribution in [-0.4, -0.2) is 43.1 Å². The first kappa shape index (κ1) is 21.2. The third-order valence-electron chi connectivity index (χ3n) is 4.39. The number of alkyl halides is 3. The maximum absolute atomic E-state index is 13.3. The van der Waals surface area contributed by atoms with Crippen LogP contribution in [0.25, 0.3) is 11.1 Å². The summed E-state index contributed by atoms with van der Waals surface area (Å²) in [5.41, 5.74) is 3.16. The van der Waals surface area contributed by atoms with E-state index in [0.29, 0.717) is 12.1 Å². The van der Waals surface area contributed by atoms with E-state index in [1.165, 1.54) is 0 Å². The molecule has 2 N–H and O–H groups in total. The van der Waals surface area contributed by atoms with Crippen molar-refractivity contribution in [3.8, 4) is 11.1 Å². The number of imidazole rings is 1. The number of aliphatic hydroxyl groups is 1. The number of aliphatic hydroxyl groups excluding tert-OH is 1. The number of hydrogen-bond donors (Lipinski definition) is 2. The maximum atomic E-state index is 13.3. The summed E-state index contributed by atoms with van der Waals surface area (Å²) >= 11 is 10.9. The summed E-state index contributed by atoms with van der Waals surface area (Å²) in [5, 5.41) is 12.7. The fourth-order valence-corrected chi connectivity index (χ4v) is 2.93. The quantitative estimate of drug-likeness (QED) is 0.531. The molecule has 2 heterocycles. The van der Waals surface area contributed by atoms with Crippen LogP contribution in [0, 0.1) is 0 Å². The molecular formula is C20H19Cl2FN4O2. The van der Waals surface area contributed by atoms with Gasteiger partial charge in [-0.2, -0.15) is 0 Å². The fourth-order valence-electron chi connectivity index (χ4n) is 2.81. The van der Waals surface area contributed by atoms with Crippen molar-refractivity contribution in [3.63, 3.8) is 0 Å². The number of carbonyl (C=O) groups excluding carboxylic acids is 1. The predicted molar refractivity (Wildman–Crippen MR) is 109 cm³/mol. The first-order valence-electron chi connectivity index (χ1n) is 8.81. The number of nitrogens with zero attached hydrogens (tertiary/aromatic N) is 3. The van der Waals surface area contributed by atoms with Gasteiger partial charge in [0.15, 0.2) is 4.84 Å². The second-order valence-corrected chi connectivity index (χ2v) is 7.51. The maximum Gasteiger partial charge on any atom is 0.253 e. The van der Waals surface area contributed by atoms with Crippen molar-refractivity contribution >= 4 is 29.1 Å². The minimum Gasteiger partial charge on any atom is -0.386 e. The lowest BCUT2D eigenvalue weighted by Crippen LogP contribution is -2.43. The zero-order chi connectivity index (χ0) is 20.8. The highest BCUT2D eigenvalue weighted by molar-refractivity contribution is 6.53. The molecule has 3 aromatic rings. The van der Waals surface area contributed by atoms with Gasteiger partial charge in [-0.3, -0.25) is 9.78 Å². The smallest absolute Gasteiger partial charge is 0.253 e. The average molecular weight is 437 g/mol. The summed E-state index contributed by atoms with van der Waals surface area (Å²) in [6.07, 6.45) is 5.84. The van der Waals surface area contributed by atoms with Crippen molar-refractivity contribution in [1.82, 2.24) is 19.9 Å². The molecule has 1 amide bonds. The van der Waals surface area contributed by atoms with Gasteiger partial charge >= 0.3 is 0 Å². The van der Waals surface area contributed by atoms with Crippen molar-refractivity contribution in [3.05, 3.63) is 72.6 Å². The fraction of sp³-hybridized carbons (Fsp3) is 0.250. The van der Waals surface area contributed by atoms with E-state index in [-0.39, 0.29) is 0 Å². The van der Waals surface area contributed by atoms with Crippen LogP contribution < -0.4 is 5.32 Å². The Morgan fingerprint density at radius 1 is 1.17 bits per heavy atom. The highest BCUT2D eigenvalue weighted by atomic mass is 35.5. The molecule has 152 valence electrons. The molecule has 9 heteroatoms. The zero-order valence-corrected chi connectivity index (χ0v) is 16.8. The van der Waals surface area contributed by atoms with Crippen LogP contribution in [-0.2, 0) is 11.3 Å². The van der Waals surface area contributed by atoms with E-state index >= 15 is 0 Å².